The van der Waals surface area contributed by atoms with Crippen LogP contribution < -0.4 is 7.80 Å². The van der Waals surface area contributed by atoms with Crippen LogP contribution in [0, 0.1) is 0 Å². The van der Waals surface area contributed by atoms with E-state index >= 15 is 0 Å². The minimum atomic E-state index is -0.00559. The van der Waals surface area contributed by atoms with E-state index < -0.39 is 0 Å². The zero-order chi connectivity index (χ0) is 15.5. The summed E-state index contributed by atoms with van der Waals surface area (Å²) in [5.74, 6) is 1.65. The fraction of sp³-hybridized carbons (Fsp3) is 0.562. The van der Waals surface area contributed by atoms with Crippen LogP contribution in [-0.4, -0.2) is 31.3 Å². The molecule has 22 heavy (non-hydrogen) atoms. The van der Waals surface area contributed by atoms with Gasteiger partial charge in [0.2, 0.25) is 13.9 Å². The molecule has 0 spiro atoms. The van der Waals surface area contributed by atoms with Crippen LogP contribution in [0.1, 0.15) is 50.0 Å². The summed E-state index contributed by atoms with van der Waals surface area (Å²) in [4.78, 5) is 12.9. The highest BCUT2D eigenvalue weighted by Gasteiger charge is 2.28. The maximum absolute atomic E-state index is 11.6. The summed E-state index contributed by atoms with van der Waals surface area (Å²) in [5, 5.41) is 0. The van der Waals surface area contributed by atoms with E-state index in [4.69, 9.17) is 15.8 Å². The number of rotatable bonds is 4. The van der Waals surface area contributed by atoms with Crippen LogP contribution >= 0.6 is 23.0 Å². The third-order valence-corrected chi connectivity index (χ3v) is 5.00. The average molecular weight is 411 g/mol. The van der Waals surface area contributed by atoms with Crippen molar-refractivity contribution in [2.75, 3.05) is 6.54 Å². The highest BCUT2D eigenvalue weighted by atomic mass is 127. The lowest BCUT2D eigenvalue weighted by Crippen LogP contribution is -2.21. The molecule has 2 fully saturated rings. The van der Waals surface area contributed by atoms with E-state index in [0.717, 1.165) is 29.9 Å². The molecule has 1 aromatic rings. The molecule has 2 aliphatic rings. The molecule has 2 radical (unpaired) electrons. The van der Waals surface area contributed by atoms with Gasteiger partial charge in [-0.05, 0) is 43.4 Å². The zero-order valence-electron chi connectivity index (χ0n) is 12.5. The molecule has 1 amide bonds. The van der Waals surface area contributed by atoms with Crippen LogP contribution in [0.4, 0.5) is 0 Å². The van der Waals surface area contributed by atoms with Gasteiger partial charge >= 0.3 is 0 Å². The SMILES string of the molecule is [B]N1CC(c2ccc(OI)c(OC3CCCCC3)c2)CC1=O. The summed E-state index contributed by atoms with van der Waals surface area (Å²) < 4.78 is 11.6. The van der Waals surface area contributed by atoms with E-state index in [9.17, 15) is 4.79 Å². The van der Waals surface area contributed by atoms with Crippen LogP contribution in [0.5, 0.6) is 11.5 Å². The Labute approximate surface area is 146 Å². The van der Waals surface area contributed by atoms with Crippen LogP contribution in [-0.2, 0) is 4.79 Å². The largest absolute Gasteiger partial charge is 0.486 e. The number of benzene rings is 1. The second-order valence-electron chi connectivity index (χ2n) is 6.11. The molecule has 4 nitrogen and oxygen atoms in total. The van der Waals surface area contributed by atoms with Crippen LogP contribution in [0.2, 0.25) is 0 Å². The van der Waals surface area contributed by atoms with Gasteiger partial charge in [-0.1, -0.05) is 12.5 Å². The molecule has 1 heterocycles. The topological polar surface area (TPSA) is 38.8 Å². The Balaban J connectivity index is 1.78. The van der Waals surface area contributed by atoms with Crippen LogP contribution in [0.25, 0.3) is 0 Å². The average Bonchev–Trinajstić information content (AvgIpc) is 2.88. The van der Waals surface area contributed by atoms with E-state index in [-0.39, 0.29) is 17.9 Å². The summed E-state index contributed by atoms with van der Waals surface area (Å²) in [6.07, 6.45) is 6.68. The third-order valence-electron chi connectivity index (χ3n) is 4.53. The summed E-state index contributed by atoms with van der Waals surface area (Å²) in [5.41, 5.74) is 1.09. The Kier molecular flexibility index (Phi) is 5.16. The van der Waals surface area contributed by atoms with Crippen molar-refractivity contribution in [2.45, 2.75) is 50.5 Å². The molecule has 6 heteroatoms. The molecule has 1 unspecified atom stereocenters. The number of amides is 1. The van der Waals surface area contributed by atoms with Crippen molar-refractivity contribution in [2.24, 2.45) is 0 Å². The molecule has 1 aliphatic heterocycles. The minimum Gasteiger partial charge on any atom is -0.486 e. The van der Waals surface area contributed by atoms with E-state index in [0.29, 0.717) is 13.0 Å². The molecular weight excluding hydrogens is 392 g/mol. The lowest BCUT2D eigenvalue weighted by atomic mass is 9.96. The van der Waals surface area contributed by atoms with E-state index in [1.807, 2.05) is 41.2 Å². The Morgan fingerprint density at radius 1 is 1.18 bits per heavy atom. The van der Waals surface area contributed by atoms with Gasteiger partial charge in [-0.25, -0.2) is 0 Å². The molecule has 0 aromatic heterocycles. The summed E-state index contributed by atoms with van der Waals surface area (Å²) in [6, 6.07) is 5.93. The van der Waals surface area contributed by atoms with Crippen molar-refractivity contribution in [1.82, 2.24) is 4.81 Å². The Bertz CT molecular complexity index is 548. The normalized spacial score (nSPS) is 22.9. The molecular formula is C16H19BINO3. The molecule has 1 aliphatic carbocycles. The monoisotopic (exact) mass is 411 g/mol. The number of nitrogens with zero attached hydrogens (tertiary/aromatic N) is 1. The van der Waals surface area contributed by atoms with Crippen LogP contribution in [0.3, 0.4) is 0 Å². The zero-order valence-corrected chi connectivity index (χ0v) is 14.6. The smallest absolute Gasteiger partial charge is 0.230 e. The Hall–Kier alpha value is -0.915. The molecule has 116 valence electrons. The van der Waals surface area contributed by atoms with E-state index in [2.05, 4.69) is 0 Å². The van der Waals surface area contributed by atoms with E-state index in [1.165, 1.54) is 24.1 Å². The standard InChI is InChI=1S/C16H19BINO3/c17-19-10-12(9-16(19)20)11-6-7-14(22-18)15(8-11)21-13-4-2-1-3-5-13/h6-8,12-13H,1-5,9-10H2. The van der Waals surface area contributed by atoms with Crippen molar-refractivity contribution < 1.29 is 12.6 Å². The van der Waals surface area contributed by atoms with Gasteiger partial charge in [0.15, 0.2) is 34.5 Å². The van der Waals surface area contributed by atoms with Gasteiger partial charge in [-0.2, -0.15) is 0 Å². The first-order valence-electron chi connectivity index (χ1n) is 7.81. The molecule has 1 atom stereocenters. The van der Waals surface area contributed by atoms with Gasteiger partial charge in [0, 0.05) is 18.9 Å². The van der Waals surface area contributed by atoms with Gasteiger partial charge in [0.05, 0.1) is 6.10 Å². The minimum absolute atomic E-state index is 0.00559. The first-order chi connectivity index (χ1) is 10.7. The van der Waals surface area contributed by atoms with Gasteiger partial charge < -0.3 is 12.6 Å². The van der Waals surface area contributed by atoms with Crippen molar-refractivity contribution in [1.29, 1.82) is 0 Å². The third kappa shape index (κ3) is 3.52. The first-order valence-corrected chi connectivity index (χ1v) is 8.69. The second kappa shape index (κ2) is 7.11. The number of carbonyl (C=O) groups excluding carboxylic acids is 1. The Morgan fingerprint density at radius 3 is 2.59 bits per heavy atom. The molecule has 1 saturated heterocycles. The van der Waals surface area contributed by atoms with Crippen molar-refractivity contribution in [3.63, 3.8) is 0 Å². The molecule has 0 bridgehead atoms. The van der Waals surface area contributed by atoms with Gasteiger partial charge in [0.1, 0.15) is 0 Å². The number of hydrogen-bond donors (Lipinski definition) is 0. The van der Waals surface area contributed by atoms with E-state index in [1.54, 1.807) is 0 Å². The maximum Gasteiger partial charge on any atom is 0.230 e. The van der Waals surface area contributed by atoms with Crippen LogP contribution in [0.15, 0.2) is 18.2 Å². The van der Waals surface area contributed by atoms with Crippen molar-refractivity contribution >= 4 is 36.9 Å². The van der Waals surface area contributed by atoms with Crippen molar-refractivity contribution in [3.8, 4) is 11.5 Å². The van der Waals surface area contributed by atoms with Gasteiger partial charge in [-0.15, -0.1) is 0 Å². The number of carbonyl (C=O) groups is 1. The maximum atomic E-state index is 11.6. The number of hydrogen-bond acceptors (Lipinski definition) is 3. The molecule has 1 saturated carbocycles. The fourth-order valence-electron chi connectivity index (χ4n) is 3.25. The molecule has 3 rings (SSSR count). The first kappa shape index (κ1) is 16.0. The van der Waals surface area contributed by atoms with Gasteiger partial charge in [-0.3, -0.25) is 4.79 Å². The molecule has 0 N–H and O–H groups in total. The molecule has 1 aromatic carbocycles. The van der Waals surface area contributed by atoms with Crippen molar-refractivity contribution in [3.05, 3.63) is 23.8 Å². The lowest BCUT2D eigenvalue weighted by Gasteiger charge is -2.24. The quantitative estimate of drug-likeness (QED) is 0.563. The predicted octanol–water partition coefficient (Wildman–Crippen LogP) is 3.53. The fourth-order valence-corrected chi connectivity index (χ4v) is 3.62. The summed E-state index contributed by atoms with van der Waals surface area (Å²) in [6.45, 7) is 0.562. The number of halogens is 1. The van der Waals surface area contributed by atoms with Gasteiger partial charge in [0.25, 0.3) is 0 Å². The number of ether oxygens (including phenoxy) is 1. The summed E-state index contributed by atoms with van der Waals surface area (Å²) in [7, 11) is 5.68. The highest BCUT2D eigenvalue weighted by molar-refractivity contribution is 14.1. The summed E-state index contributed by atoms with van der Waals surface area (Å²) >= 11 is 1.88. The Morgan fingerprint density at radius 2 is 1.95 bits per heavy atom. The lowest BCUT2D eigenvalue weighted by molar-refractivity contribution is -0.123. The highest BCUT2D eigenvalue weighted by Crippen LogP contribution is 2.37. The predicted molar refractivity (Wildman–Crippen MR) is 93.4 cm³/mol. The second-order valence-corrected chi connectivity index (χ2v) is 6.55.